The summed E-state index contributed by atoms with van der Waals surface area (Å²) in [5.41, 5.74) is 6.35. The zero-order valence-electron chi connectivity index (χ0n) is 11.7. The van der Waals surface area contributed by atoms with E-state index in [9.17, 15) is 9.59 Å². The van der Waals surface area contributed by atoms with Crippen molar-refractivity contribution in [3.63, 3.8) is 0 Å². The first kappa shape index (κ1) is 15.4. The molecule has 0 aliphatic heterocycles. The van der Waals surface area contributed by atoms with Gasteiger partial charge in [-0.3, -0.25) is 9.59 Å². The molecule has 1 aromatic heterocycles. The lowest BCUT2D eigenvalue weighted by Gasteiger charge is -2.13. The van der Waals surface area contributed by atoms with Gasteiger partial charge in [0.15, 0.2) is 0 Å². The van der Waals surface area contributed by atoms with Gasteiger partial charge in [0, 0.05) is 18.8 Å². The summed E-state index contributed by atoms with van der Waals surface area (Å²) in [6.07, 6.45) is 5.16. The largest absolute Gasteiger partial charge is 0.323 e. The van der Waals surface area contributed by atoms with E-state index in [1.54, 1.807) is 16.8 Å². The Bertz CT molecular complexity index is 468. The average Bonchev–Trinajstić information content (AvgIpc) is 2.40. The zero-order chi connectivity index (χ0) is 14.3. The highest BCUT2D eigenvalue weighted by Gasteiger charge is 2.13. The monoisotopic (exact) mass is 265 g/mol. The predicted octanol–water partition coefficient (Wildman–Crippen LogP) is 1.71. The molecule has 1 aromatic rings. The normalized spacial score (nSPS) is 12.2. The molecule has 0 aliphatic rings. The second-order valence-electron chi connectivity index (χ2n) is 4.69. The lowest BCUT2D eigenvalue weighted by atomic mass is 10.1. The van der Waals surface area contributed by atoms with Crippen LogP contribution >= 0.6 is 0 Å². The van der Waals surface area contributed by atoms with Gasteiger partial charge in [-0.05, 0) is 18.9 Å². The van der Waals surface area contributed by atoms with E-state index in [4.69, 9.17) is 5.73 Å². The maximum atomic E-state index is 11.8. The Morgan fingerprint density at radius 3 is 2.74 bits per heavy atom. The van der Waals surface area contributed by atoms with E-state index in [-0.39, 0.29) is 11.5 Å². The van der Waals surface area contributed by atoms with Gasteiger partial charge in [0.25, 0.3) is 5.56 Å². The molecule has 0 saturated heterocycles. The number of nitrogens with one attached hydrogen (secondary N) is 1. The number of pyridine rings is 1. The summed E-state index contributed by atoms with van der Waals surface area (Å²) in [5, 5.41) is 2.75. The number of aromatic nitrogens is 1. The Morgan fingerprint density at radius 2 is 2.11 bits per heavy atom. The Labute approximate surface area is 113 Å². The van der Waals surface area contributed by atoms with Crippen LogP contribution in [-0.2, 0) is 11.3 Å². The van der Waals surface area contributed by atoms with Crippen molar-refractivity contribution in [2.45, 2.75) is 52.1 Å². The maximum absolute atomic E-state index is 11.8. The van der Waals surface area contributed by atoms with E-state index in [0.29, 0.717) is 18.7 Å². The van der Waals surface area contributed by atoms with Crippen LogP contribution < -0.4 is 16.6 Å². The third-order valence-electron chi connectivity index (χ3n) is 2.92. The molecule has 106 valence electrons. The average molecular weight is 265 g/mol. The van der Waals surface area contributed by atoms with Crippen LogP contribution in [0, 0.1) is 0 Å². The Balaban J connectivity index is 2.68. The van der Waals surface area contributed by atoms with Gasteiger partial charge in [0.2, 0.25) is 5.91 Å². The second-order valence-corrected chi connectivity index (χ2v) is 4.69. The lowest BCUT2D eigenvalue weighted by Crippen LogP contribution is -2.35. The van der Waals surface area contributed by atoms with E-state index in [0.717, 1.165) is 19.3 Å². The van der Waals surface area contributed by atoms with Crippen molar-refractivity contribution in [3.8, 4) is 0 Å². The summed E-state index contributed by atoms with van der Waals surface area (Å²) in [6.45, 7) is 4.70. The highest BCUT2D eigenvalue weighted by molar-refractivity contribution is 5.94. The number of carbonyl (C=O) groups excluding carboxylic acids is 1. The quantitative estimate of drug-likeness (QED) is 0.788. The molecule has 0 bridgehead atoms. The summed E-state index contributed by atoms with van der Waals surface area (Å²) < 4.78 is 1.59. The number of anilines is 1. The van der Waals surface area contributed by atoms with E-state index in [2.05, 4.69) is 12.2 Å². The van der Waals surface area contributed by atoms with Crippen molar-refractivity contribution in [3.05, 3.63) is 28.7 Å². The van der Waals surface area contributed by atoms with E-state index >= 15 is 0 Å². The highest BCUT2D eigenvalue weighted by atomic mass is 16.2. The van der Waals surface area contributed by atoms with Crippen molar-refractivity contribution in [2.75, 3.05) is 5.32 Å². The van der Waals surface area contributed by atoms with Crippen molar-refractivity contribution in [1.82, 2.24) is 4.57 Å². The number of hydrogen-bond donors (Lipinski definition) is 2. The van der Waals surface area contributed by atoms with Crippen molar-refractivity contribution in [1.29, 1.82) is 0 Å². The van der Waals surface area contributed by atoms with Crippen molar-refractivity contribution >= 4 is 11.6 Å². The molecule has 0 aromatic carbocycles. The molecule has 3 N–H and O–H groups in total. The van der Waals surface area contributed by atoms with E-state index in [1.165, 1.54) is 6.07 Å². The number of rotatable bonds is 7. The molecule has 19 heavy (non-hydrogen) atoms. The first-order valence-electron chi connectivity index (χ1n) is 6.85. The molecule has 1 amide bonds. The number of amides is 1. The minimum absolute atomic E-state index is 0.0601. The molecular formula is C14H23N3O2. The van der Waals surface area contributed by atoms with Crippen LogP contribution in [0.4, 0.5) is 5.69 Å². The fourth-order valence-corrected chi connectivity index (χ4v) is 1.81. The van der Waals surface area contributed by atoms with Crippen LogP contribution in [0.25, 0.3) is 0 Å². The van der Waals surface area contributed by atoms with Crippen LogP contribution in [-0.4, -0.2) is 16.5 Å². The van der Waals surface area contributed by atoms with Gasteiger partial charge in [-0.25, -0.2) is 0 Å². The van der Waals surface area contributed by atoms with Crippen molar-refractivity contribution < 1.29 is 4.79 Å². The van der Waals surface area contributed by atoms with Gasteiger partial charge in [-0.2, -0.15) is 0 Å². The first-order valence-corrected chi connectivity index (χ1v) is 6.85. The molecule has 1 heterocycles. The predicted molar refractivity (Wildman–Crippen MR) is 77.1 cm³/mol. The fourth-order valence-electron chi connectivity index (χ4n) is 1.81. The minimum Gasteiger partial charge on any atom is -0.323 e. The van der Waals surface area contributed by atoms with Gasteiger partial charge in [-0.1, -0.05) is 26.7 Å². The third-order valence-corrected chi connectivity index (χ3v) is 2.92. The molecular weight excluding hydrogens is 242 g/mol. The van der Waals surface area contributed by atoms with Gasteiger partial charge in [-0.15, -0.1) is 0 Å². The Morgan fingerprint density at radius 1 is 1.37 bits per heavy atom. The number of unbranched alkanes of at least 4 members (excludes halogenated alkanes) is 1. The van der Waals surface area contributed by atoms with Gasteiger partial charge >= 0.3 is 0 Å². The van der Waals surface area contributed by atoms with E-state index < -0.39 is 6.04 Å². The second kappa shape index (κ2) is 7.74. The number of nitrogens with two attached hydrogens (primary N) is 1. The zero-order valence-corrected chi connectivity index (χ0v) is 11.7. The molecule has 5 heteroatoms. The topological polar surface area (TPSA) is 77.1 Å². The fraction of sp³-hybridized carbons (Fsp3) is 0.571. The number of nitrogens with zero attached hydrogens (tertiary/aromatic N) is 1. The van der Waals surface area contributed by atoms with Crippen LogP contribution in [0.15, 0.2) is 23.1 Å². The summed E-state index contributed by atoms with van der Waals surface area (Å²) in [4.78, 5) is 23.4. The third kappa shape index (κ3) is 4.87. The molecule has 0 fully saturated rings. The van der Waals surface area contributed by atoms with Gasteiger partial charge < -0.3 is 15.6 Å². The van der Waals surface area contributed by atoms with Crippen LogP contribution in [0.1, 0.15) is 39.5 Å². The molecule has 1 atom stereocenters. The molecule has 5 nitrogen and oxygen atoms in total. The minimum atomic E-state index is -0.494. The standard InChI is InChI=1S/C14H23N3O2/c1-3-5-6-12(15)14(19)16-11-7-8-13(18)17(10-11)9-4-2/h7-8,10,12H,3-6,9,15H2,1-2H3,(H,16,19). The number of aryl methyl sites for hydroxylation is 1. The Kier molecular flexibility index (Phi) is 6.29. The molecule has 0 aliphatic carbocycles. The van der Waals surface area contributed by atoms with Crippen LogP contribution in [0.5, 0.6) is 0 Å². The van der Waals surface area contributed by atoms with Gasteiger partial charge in [0.1, 0.15) is 0 Å². The summed E-state index contributed by atoms with van der Waals surface area (Å²) in [6, 6.07) is 2.58. The molecule has 0 radical (unpaired) electrons. The highest BCUT2D eigenvalue weighted by Crippen LogP contribution is 2.06. The van der Waals surface area contributed by atoms with Crippen LogP contribution in [0.3, 0.4) is 0 Å². The molecule has 1 rings (SSSR count). The maximum Gasteiger partial charge on any atom is 0.250 e. The molecule has 0 spiro atoms. The summed E-state index contributed by atoms with van der Waals surface area (Å²) in [7, 11) is 0. The number of hydrogen-bond acceptors (Lipinski definition) is 3. The van der Waals surface area contributed by atoms with E-state index in [1.807, 2.05) is 6.92 Å². The molecule has 1 unspecified atom stereocenters. The smallest absolute Gasteiger partial charge is 0.250 e. The SMILES string of the molecule is CCCCC(N)C(=O)Nc1ccc(=O)n(CCC)c1. The number of carbonyl (C=O) groups is 1. The summed E-state index contributed by atoms with van der Waals surface area (Å²) >= 11 is 0. The first-order chi connectivity index (χ1) is 9.08. The van der Waals surface area contributed by atoms with Gasteiger partial charge in [0.05, 0.1) is 11.7 Å². The summed E-state index contributed by atoms with van der Waals surface area (Å²) in [5.74, 6) is -0.199. The molecule has 0 saturated carbocycles. The Hall–Kier alpha value is -1.62. The van der Waals surface area contributed by atoms with Crippen molar-refractivity contribution in [2.24, 2.45) is 5.73 Å². The van der Waals surface area contributed by atoms with Crippen LogP contribution in [0.2, 0.25) is 0 Å². The lowest BCUT2D eigenvalue weighted by molar-refractivity contribution is -0.117.